The number of aliphatic hydroxyl groups excluding tert-OH is 12. The maximum atomic E-state index is 14.7. The maximum absolute atomic E-state index is 14.7. The first-order valence-electron chi connectivity index (χ1n) is 51.0. The number of amides is 8. The number of thiocarbonyl (C=S) groups is 4. The van der Waals surface area contributed by atoms with E-state index >= 15 is 0 Å². The van der Waals surface area contributed by atoms with Crippen molar-refractivity contribution >= 4 is 139 Å². The fraction of sp³-hybridized carbons (Fsp3) is 0.640. The van der Waals surface area contributed by atoms with Crippen molar-refractivity contribution < 1.29 is 138 Å². The minimum atomic E-state index is -1.50. The van der Waals surface area contributed by atoms with Gasteiger partial charge < -0.3 is 184 Å². The molecule has 4 aliphatic heterocycles. The number of anilines is 4. The highest BCUT2D eigenvalue weighted by Crippen LogP contribution is 2.44. The highest BCUT2D eigenvalue weighted by atomic mass is 32.1. The largest absolute Gasteiger partial charge is 0.493 e. The van der Waals surface area contributed by atoms with E-state index in [0.717, 1.165) is 0 Å². The summed E-state index contributed by atoms with van der Waals surface area (Å²) in [4.78, 5) is 107. The predicted molar refractivity (Wildman–Crippen MR) is 565 cm³/mol. The number of hydrogen-bond donors (Lipinski definition) is 28. The van der Waals surface area contributed by atoms with Crippen LogP contribution in [-0.2, 0) is 83.0 Å². The van der Waals surface area contributed by atoms with Crippen LogP contribution in [0.15, 0.2) is 48.5 Å². The molecule has 44 nitrogen and oxygen atoms in total. The van der Waals surface area contributed by atoms with Gasteiger partial charge in [-0.05, 0) is 174 Å². The normalized spacial score (nSPS) is 24.0. The van der Waals surface area contributed by atoms with E-state index in [2.05, 4.69) is 85.1 Å². The third kappa shape index (κ3) is 37.2. The quantitative estimate of drug-likeness (QED) is 0.0192. The molecule has 4 aromatic rings. The van der Waals surface area contributed by atoms with E-state index in [4.69, 9.17) is 86.8 Å². The van der Waals surface area contributed by atoms with Crippen molar-refractivity contribution in [3.63, 3.8) is 0 Å². The molecule has 4 aromatic carbocycles. The van der Waals surface area contributed by atoms with Crippen LogP contribution < -0.4 is 104 Å². The number of hydrogen-bond acceptors (Lipinski definition) is 32. The lowest BCUT2D eigenvalue weighted by Gasteiger charge is -2.43. The molecule has 4 fully saturated rings. The van der Waals surface area contributed by atoms with Gasteiger partial charge in [0, 0.05) is 172 Å². The van der Waals surface area contributed by atoms with Crippen LogP contribution in [0.25, 0.3) is 0 Å². The molecule has 48 heteroatoms. The lowest BCUT2D eigenvalue weighted by atomic mass is 9.90. The van der Waals surface area contributed by atoms with Gasteiger partial charge in [-0.3, -0.25) is 38.4 Å². The number of carbonyl (C=O) groups is 8. The summed E-state index contributed by atoms with van der Waals surface area (Å²) < 4.78 is 51.3. The number of aliphatic hydroxyl groups is 12. The van der Waals surface area contributed by atoms with Crippen LogP contribution in [0.1, 0.15) is 228 Å². The molecule has 8 amide bonds. The molecule has 5 aliphatic rings. The lowest BCUT2D eigenvalue weighted by Crippen LogP contribution is -2.68. The predicted octanol–water partition coefficient (Wildman–Crippen LogP) is 1.15. The first-order valence-corrected chi connectivity index (χ1v) is 52.6. The number of ether oxygens (including phenoxy) is 8. The smallest absolute Gasteiger partial charge is 0.224 e. The first kappa shape index (κ1) is 121. The standard InChI is InChI=1S/C100H152N16O28S4/c1-9-33-137-89-57-37-59-43-66(110-74(126)26-18-14-22-30-102-98(146)114-94-78(106-54(6)122)86(134)82(130)70(50-118)142-94)45-61(90(59)138-34-10-2)39-63-47-68(112-76(128)28-20-16-24-32-104-100(148)116-96-80(108-56(8)124)88(136)84(132)72(52-120)144-96)48-64(92(63)140-36-12-4)40-62-46-67(111-75(127)27-19-15-23-31-103-99(147)115-95-79(107-55(7)123)87(135)83(131)71(51-119)143-95)44-60(91(62)139-35-11-3)38-58(89)42-65(41-57)109-73(125)25-17-13-21-29-101-97(145)113-93-77(105-53(5)121)85(133)81(129)69(49-117)141-93/h41-48,69-72,77-88,93-96,117-120,129-136H,9-40,49-52H2,1-8H3,(H,105,121)(H,106,122)(H,107,123)(H,108,124)(H,109,125)(H,110,126)(H,111,127)(H,112,128)(H2,101,113,145)(H2,102,114,146)(H2,103,115,147)(H2,104,116,148)/t69-,70-,71-,72-,77-,78-,79-,80-,81-,82-,83-,84-,85-,86-,87-,88-,93-,94-,95-,96-/m1/s1. The number of fused-ring (bicyclic) bond motifs is 8. The Morgan fingerprint density at radius 3 is 0.628 bits per heavy atom. The van der Waals surface area contributed by atoms with Crippen LogP contribution >= 0.6 is 48.9 Å². The molecule has 4 heterocycles. The topological polar surface area (TPSA) is 646 Å². The van der Waals surface area contributed by atoms with Crippen molar-refractivity contribution in [3.05, 3.63) is 93.0 Å². The molecule has 0 radical (unpaired) electrons. The first-order chi connectivity index (χ1) is 70.9. The number of rotatable bonds is 52. The van der Waals surface area contributed by atoms with E-state index in [1.54, 1.807) is 0 Å². The van der Waals surface area contributed by atoms with Crippen molar-refractivity contribution in [1.82, 2.24) is 63.8 Å². The zero-order chi connectivity index (χ0) is 108. The summed E-state index contributed by atoms with van der Waals surface area (Å²) in [5.74, 6) is -1.42. The fourth-order valence-electron chi connectivity index (χ4n) is 18.0. The van der Waals surface area contributed by atoms with Crippen molar-refractivity contribution in [2.75, 3.05) is 100 Å². The third-order valence-corrected chi connectivity index (χ3v) is 26.2. The van der Waals surface area contributed by atoms with Crippen LogP contribution in [0.4, 0.5) is 22.7 Å². The van der Waals surface area contributed by atoms with Gasteiger partial charge in [0.15, 0.2) is 45.4 Å². The van der Waals surface area contributed by atoms with Crippen molar-refractivity contribution in [1.29, 1.82) is 0 Å². The van der Waals surface area contributed by atoms with E-state index in [9.17, 15) is 99.6 Å². The lowest BCUT2D eigenvalue weighted by molar-refractivity contribution is -0.198. The van der Waals surface area contributed by atoms with Gasteiger partial charge in [-0.1, -0.05) is 53.4 Å². The van der Waals surface area contributed by atoms with Crippen LogP contribution in [0, 0.1) is 0 Å². The average molecular weight is 2150 g/mol. The van der Waals surface area contributed by atoms with Crippen LogP contribution in [-0.4, -0.2) is 330 Å². The molecular formula is C100H152N16O28S4. The minimum Gasteiger partial charge on any atom is -0.493 e. The van der Waals surface area contributed by atoms with Crippen LogP contribution in [0.3, 0.4) is 0 Å². The Kier molecular flexibility index (Phi) is 50.9. The zero-order valence-corrected chi connectivity index (χ0v) is 88.4. The average Bonchev–Trinajstić information content (AvgIpc) is 0.752. The molecule has 8 bridgehead atoms. The van der Waals surface area contributed by atoms with E-state index in [1.165, 1.54) is 27.7 Å². The van der Waals surface area contributed by atoms with Gasteiger partial charge in [0.05, 0.1) is 52.9 Å². The number of benzene rings is 4. The zero-order valence-electron chi connectivity index (χ0n) is 85.2. The van der Waals surface area contributed by atoms with Crippen molar-refractivity contribution in [3.8, 4) is 23.0 Å². The van der Waals surface area contributed by atoms with Crippen molar-refractivity contribution in [2.45, 2.75) is 332 Å². The Morgan fingerprint density at radius 1 is 0.284 bits per heavy atom. The van der Waals surface area contributed by atoms with Gasteiger partial charge in [-0.2, -0.15) is 0 Å². The highest BCUT2D eigenvalue weighted by molar-refractivity contribution is 7.80. The Labute approximate surface area is 883 Å². The second kappa shape index (κ2) is 62.1. The molecule has 0 unspecified atom stereocenters. The summed E-state index contributed by atoms with van der Waals surface area (Å²) in [6, 6.07) is 10.4. The van der Waals surface area contributed by atoms with E-state index in [0.29, 0.717) is 219 Å². The van der Waals surface area contributed by atoms with E-state index < -0.39 is 172 Å². The molecular weight excluding hydrogens is 2000 g/mol. The number of carbonyl (C=O) groups excluding carboxylic acids is 8. The fourth-order valence-corrected chi connectivity index (χ4v) is 18.9. The molecule has 28 N–H and O–H groups in total. The van der Waals surface area contributed by atoms with Crippen LogP contribution in [0.5, 0.6) is 23.0 Å². The monoisotopic (exact) mass is 2150 g/mol. The molecule has 20 atom stereocenters. The Bertz CT molecular complexity index is 4370. The maximum Gasteiger partial charge on any atom is 0.224 e. The Morgan fingerprint density at radius 2 is 0.466 bits per heavy atom. The second-order valence-corrected chi connectivity index (χ2v) is 39.2. The van der Waals surface area contributed by atoms with E-state index in [1.807, 2.05) is 76.2 Å². The molecule has 0 aromatic heterocycles. The summed E-state index contributed by atoms with van der Waals surface area (Å²) in [5, 5.41) is 173. The molecule has 1 aliphatic carbocycles. The van der Waals surface area contributed by atoms with Gasteiger partial charge in [-0.15, -0.1) is 0 Å². The Balaban J connectivity index is 1.07. The molecule has 0 saturated carbocycles. The van der Waals surface area contributed by atoms with Crippen LogP contribution in [0.2, 0.25) is 0 Å². The SMILES string of the molecule is CCCOc1c2cc(NC(=O)CCCCCNC(=S)N[C@@H]3O[C@H](CO)[C@@H](O)[C@H](O)[C@H]3NC(C)=O)cc1Cc1cc(NC(=O)CCCCCNC(=S)N[C@@H]3O[C@H](CO)[C@@H](O)[C@H](O)[C@H]3NC(C)=O)cc(c1OCCC)Cc1cc(NC(=O)CCCCCNC(=S)N[C@@H]3O[C@H](CO)[C@@H](O)[C@H](O)[C@H]3NC(C)=O)cc(c1OCCC)Cc1cc(NC(=O)CCCCCNC(=S)N[C@@H]3O[C@H](CO)[C@@H](O)[C@H](O)[C@H]3NC(C)=O)cc(c1OCCC)C2. The molecule has 824 valence electrons. The summed E-state index contributed by atoms with van der Waals surface area (Å²) in [6.07, 6.45) is -12.4. The third-order valence-electron chi connectivity index (χ3n) is 25.2. The highest BCUT2D eigenvalue weighted by Gasteiger charge is 2.50. The summed E-state index contributed by atoms with van der Waals surface area (Å²) in [6.45, 7) is 12.7. The van der Waals surface area contributed by atoms with Gasteiger partial charge in [0.1, 0.15) is 120 Å². The number of unbranched alkanes of at least 4 members (excludes halogenated alkanes) is 8. The Hall–Kier alpha value is -10.0. The van der Waals surface area contributed by atoms with Gasteiger partial charge in [0.2, 0.25) is 47.3 Å². The van der Waals surface area contributed by atoms with Crippen molar-refractivity contribution in [2.24, 2.45) is 0 Å². The van der Waals surface area contributed by atoms with Gasteiger partial charge in [0.25, 0.3) is 0 Å². The van der Waals surface area contributed by atoms with Gasteiger partial charge >= 0.3 is 0 Å². The molecule has 148 heavy (non-hydrogen) atoms. The van der Waals surface area contributed by atoms with Gasteiger partial charge in [-0.25, -0.2) is 0 Å². The summed E-state index contributed by atoms with van der Waals surface area (Å²) >= 11 is 22.3. The second-order valence-electron chi connectivity index (χ2n) is 37.6. The summed E-state index contributed by atoms with van der Waals surface area (Å²) in [5.41, 5.74) is 6.45. The van der Waals surface area contributed by atoms with E-state index in [-0.39, 0.29) is 122 Å². The minimum absolute atomic E-state index is 0.0622. The molecule has 0 spiro atoms. The summed E-state index contributed by atoms with van der Waals surface area (Å²) in [7, 11) is 0. The number of nitrogens with one attached hydrogen (secondary N) is 16. The molecule has 4 saturated heterocycles. The molecule has 9 rings (SSSR count).